The summed E-state index contributed by atoms with van der Waals surface area (Å²) in [5, 5.41) is 17.2. The van der Waals surface area contributed by atoms with E-state index in [4.69, 9.17) is 14.9 Å². The van der Waals surface area contributed by atoms with Crippen LogP contribution in [0.1, 0.15) is 0 Å². The first-order valence-electron chi connectivity index (χ1n) is 2.28. The molecule has 1 saturated heterocycles. The molecule has 1 unspecified atom stereocenters. The molecule has 0 radical (unpaired) electrons. The van der Waals surface area contributed by atoms with Crippen molar-refractivity contribution in [2.24, 2.45) is 0 Å². The third kappa shape index (κ3) is 0.248. The Morgan fingerprint density at radius 1 is 1.57 bits per heavy atom. The number of epoxide rings is 1. The second kappa shape index (κ2) is 0.727. The van der Waals surface area contributed by atoms with E-state index in [9.17, 15) is 0 Å². The first-order chi connectivity index (χ1) is 3.29. The molecule has 2 aliphatic rings. The molecule has 3 nitrogen and oxygen atoms in total. The summed E-state index contributed by atoms with van der Waals surface area (Å²) in [5.41, 5.74) is -0.819. The Morgan fingerprint density at radius 3 is 2.14 bits per heavy atom. The summed E-state index contributed by atoms with van der Waals surface area (Å²) in [4.78, 5) is 0. The van der Waals surface area contributed by atoms with E-state index in [0.29, 0.717) is 0 Å². The van der Waals surface area contributed by atoms with Gasteiger partial charge in [0, 0.05) is 0 Å². The molecule has 0 bridgehead atoms. The van der Waals surface area contributed by atoms with Crippen molar-refractivity contribution < 1.29 is 14.9 Å². The summed E-state index contributed by atoms with van der Waals surface area (Å²) in [6.07, 6.45) is -0.0324. The quantitative estimate of drug-likeness (QED) is 0.396. The topological polar surface area (TPSA) is 53.0 Å². The van der Waals surface area contributed by atoms with Crippen LogP contribution in [-0.4, -0.2) is 34.6 Å². The van der Waals surface area contributed by atoms with Crippen LogP contribution < -0.4 is 0 Å². The van der Waals surface area contributed by atoms with E-state index in [1.165, 1.54) is 0 Å². The van der Waals surface area contributed by atoms with Gasteiger partial charge in [-0.25, -0.2) is 0 Å². The average molecular weight is 102 g/mol. The highest BCUT2D eigenvalue weighted by Gasteiger charge is 2.80. The van der Waals surface area contributed by atoms with Crippen molar-refractivity contribution in [3.8, 4) is 0 Å². The normalized spacial score (nSPS) is 64.3. The predicted octanol–water partition coefficient (Wildman–Crippen LogP) is -1.51. The number of aliphatic hydroxyl groups excluding tert-OH is 1. The lowest BCUT2D eigenvalue weighted by Crippen LogP contribution is -2.27. The Balaban J connectivity index is 2.06. The van der Waals surface area contributed by atoms with Gasteiger partial charge in [0.05, 0.1) is 6.61 Å². The summed E-state index contributed by atoms with van der Waals surface area (Å²) in [7, 11) is 0. The van der Waals surface area contributed by atoms with Crippen LogP contribution in [0.25, 0.3) is 0 Å². The van der Waals surface area contributed by atoms with E-state index >= 15 is 0 Å². The fraction of sp³-hybridized carbons (Fsp3) is 1.00. The molecule has 7 heavy (non-hydrogen) atoms. The van der Waals surface area contributed by atoms with E-state index in [1.807, 2.05) is 0 Å². The molecule has 2 fully saturated rings. The van der Waals surface area contributed by atoms with Gasteiger partial charge in [-0.2, -0.15) is 0 Å². The molecular weight excluding hydrogens is 96.0 g/mol. The predicted molar refractivity (Wildman–Crippen MR) is 20.7 cm³/mol. The van der Waals surface area contributed by atoms with E-state index in [-0.39, 0.29) is 18.8 Å². The third-order valence-corrected chi connectivity index (χ3v) is 1.62. The largest absolute Gasteiger partial charge is 0.393 e. The Labute approximate surface area is 40.5 Å². The molecule has 0 amide bonds. The van der Waals surface area contributed by atoms with Crippen LogP contribution in [0.2, 0.25) is 0 Å². The lowest BCUT2D eigenvalue weighted by Gasteiger charge is -2.07. The van der Waals surface area contributed by atoms with Gasteiger partial charge in [0.2, 0.25) is 0 Å². The van der Waals surface area contributed by atoms with Crippen molar-refractivity contribution in [3.63, 3.8) is 0 Å². The number of ether oxygens (including phenoxy) is 1. The molecule has 2 rings (SSSR count). The molecule has 0 aromatic rings. The van der Waals surface area contributed by atoms with Crippen LogP contribution in [0.4, 0.5) is 0 Å². The van der Waals surface area contributed by atoms with Gasteiger partial charge in [-0.3, -0.25) is 0 Å². The highest BCUT2D eigenvalue weighted by molar-refractivity contribution is 5.27. The van der Waals surface area contributed by atoms with Crippen molar-refractivity contribution >= 4 is 0 Å². The third-order valence-electron chi connectivity index (χ3n) is 1.62. The zero-order valence-electron chi connectivity index (χ0n) is 3.66. The zero-order valence-corrected chi connectivity index (χ0v) is 3.66. The first kappa shape index (κ1) is 3.83. The Bertz CT molecular complexity index is 104. The molecule has 0 spiro atoms. The van der Waals surface area contributed by atoms with Gasteiger partial charge < -0.3 is 14.9 Å². The molecule has 2 N–H and O–H groups in total. The number of fused-ring (bicyclic) bond motifs is 1. The molecule has 3 heteroatoms. The van der Waals surface area contributed by atoms with Crippen LogP contribution >= 0.6 is 0 Å². The van der Waals surface area contributed by atoms with Crippen molar-refractivity contribution in [2.45, 2.75) is 17.8 Å². The zero-order chi connectivity index (χ0) is 5.07. The minimum absolute atomic E-state index is 0.0162. The summed E-state index contributed by atoms with van der Waals surface area (Å²) >= 11 is 0. The molecule has 1 aliphatic heterocycles. The Kier molecular flexibility index (Phi) is 0.398. The summed E-state index contributed by atoms with van der Waals surface area (Å²) < 4.78 is 4.70. The average Bonchev–Trinajstić information content (AvgIpc) is 2.46. The molecule has 1 aliphatic carbocycles. The standard InChI is InChI=1S/C4H6O3/c5-1-4(6)2-3(4)7-2/h2-3,5-6H,1H2/t2-,3+,4?. The lowest BCUT2D eigenvalue weighted by molar-refractivity contribution is -0.0396. The second-order valence-corrected chi connectivity index (χ2v) is 2.13. The van der Waals surface area contributed by atoms with Crippen molar-refractivity contribution in [1.29, 1.82) is 0 Å². The number of hydrogen-bond donors (Lipinski definition) is 2. The fourth-order valence-electron chi connectivity index (χ4n) is 0.815. The molecular formula is C4H6O3. The fourth-order valence-corrected chi connectivity index (χ4v) is 0.815. The van der Waals surface area contributed by atoms with Crippen molar-refractivity contribution in [1.82, 2.24) is 0 Å². The van der Waals surface area contributed by atoms with Gasteiger partial charge in [-0.1, -0.05) is 0 Å². The monoisotopic (exact) mass is 102 g/mol. The van der Waals surface area contributed by atoms with Crippen LogP contribution in [0.5, 0.6) is 0 Å². The van der Waals surface area contributed by atoms with Crippen LogP contribution in [-0.2, 0) is 4.74 Å². The lowest BCUT2D eigenvalue weighted by atomic mass is 10.3. The van der Waals surface area contributed by atoms with E-state index < -0.39 is 5.60 Å². The van der Waals surface area contributed by atoms with Crippen LogP contribution in [0.3, 0.4) is 0 Å². The van der Waals surface area contributed by atoms with Gasteiger partial charge in [0.15, 0.2) is 0 Å². The van der Waals surface area contributed by atoms with E-state index in [1.54, 1.807) is 0 Å². The molecule has 1 heterocycles. The summed E-state index contributed by atoms with van der Waals surface area (Å²) in [6, 6.07) is 0. The molecule has 40 valence electrons. The minimum Gasteiger partial charge on any atom is -0.393 e. The SMILES string of the molecule is OCC1(O)[C@@H]2O[C@@H]21. The number of aliphatic hydroxyl groups is 2. The maximum Gasteiger partial charge on any atom is 0.145 e. The van der Waals surface area contributed by atoms with Crippen molar-refractivity contribution in [2.75, 3.05) is 6.61 Å². The van der Waals surface area contributed by atoms with Crippen molar-refractivity contribution in [3.05, 3.63) is 0 Å². The Morgan fingerprint density at radius 2 is 2.14 bits per heavy atom. The highest BCUT2D eigenvalue weighted by atomic mass is 16.7. The summed E-state index contributed by atoms with van der Waals surface area (Å²) in [5.74, 6) is 0. The molecule has 3 atom stereocenters. The van der Waals surface area contributed by atoms with E-state index in [2.05, 4.69) is 0 Å². The first-order valence-corrected chi connectivity index (χ1v) is 2.28. The maximum absolute atomic E-state index is 8.88. The van der Waals surface area contributed by atoms with Crippen LogP contribution in [0.15, 0.2) is 0 Å². The minimum atomic E-state index is -0.819. The smallest absolute Gasteiger partial charge is 0.145 e. The highest BCUT2D eigenvalue weighted by Crippen LogP contribution is 2.56. The van der Waals surface area contributed by atoms with Gasteiger partial charge in [0.1, 0.15) is 17.8 Å². The molecule has 1 saturated carbocycles. The number of hydrogen-bond acceptors (Lipinski definition) is 3. The molecule has 0 aromatic heterocycles. The van der Waals surface area contributed by atoms with Gasteiger partial charge >= 0.3 is 0 Å². The van der Waals surface area contributed by atoms with Gasteiger partial charge in [-0.05, 0) is 0 Å². The van der Waals surface area contributed by atoms with Crippen LogP contribution in [0, 0.1) is 0 Å². The summed E-state index contributed by atoms with van der Waals surface area (Å²) in [6.45, 7) is -0.150. The van der Waals surface area contributed by atoms with Gasteiger partial charge in [-0.15, -0.1) is 0 Å². The second-order valence-electron chi connectivity index (χ2n) is 2.13. The molecule has 0 aromatic carbocycles. The van der Waals surface area contributed by atoms with Gasteiger partial charge in [0.25, 0.3) is 0 Å². The number of rotatable bonds is 1. The maximum atomic E-state index is 8.88. The van der Waals surface area contributed by atoms with E-state index in [0.717, 1.165) is 0 Å². The Hall–Kier alpha value is -0.120.